The van der Waals surface area contributed by atoms with Gasteiger partial charge in [-0.05, 0) is 31.0 Å². The van der Waals surface area contributed by atoms with Crippen molar-refractivity contribution in [1.29, 1.82) is 0 Å². The zero-order valence-corrected chi connectivity index (χ0v) is 16.5. The van der Waals surface area contributed by atoms with Crippen molar-refractivity contribution >= 4 is 18.3 Å². The van der Waals surface area contributed by atoms with E-state index in [0.717, 1.165) is 19.5 Å². The van der Waals surface area contributed by atoms with Crippen LogP contribution in [0.4, 0.5) is 0 Å². The van der Waals surface area contributed by atoms with Crippen molar-refractivity contribution in [2.24, 2.45) is 5.92 Å². The minimum Gasteiger partial charge on any atom is -0.348 e. The van der Waals surface area contributed by atoms with Crippen molar-refractivity contribution in [2.45, 2.75) is 45.6 Å². The van der Waals surface area contributed by atoms with Gasteiger partial charge in [-0.1, -0.05) is 45.0 Å². The van der Waals surface area contributed by atoms with Gasteiger partial charge in [-0.3, -0.25) is 4.79 Å². The fraction of sp³-hybridized carbons (Fsp3) is 0.526. The summed E-state index contributed by atoms with van der Waals surface area (Å²) in [6.45, 7) is 10.0. The number of aromatic nitrogens is 2. The van der Waals surface area contributed by atoms with E-state index in [4.69, 9.17) is 4.52 Å². The van der Waals surface area contributed by atoms with Crippen molar-refractivity contribution in [2.75, 3.05) is 13.1 Å². The predicted octanol–water partition coefficient (Wildman–Crippen LogP) is 3.18. The van der Waals surface area contributed by atoms with Crippen LogP contribution in [-0.4, -0.2) is 35.2 Å². The van der Waals surface area contributed by atoms with Gasteiger partial charge in [0.15, 0.2) is 5.82 Å². The Kier molecular flexibility index (Phi) is 6.42. The van der Waals surface area contributed by atoms with Gasteiger partial charge in [-0.25, -0.2) is 0 Å². The Balaban J connectivity index is 0.00000243. The van der Waals surface area contributed by atoms with E-state index in [-0.39, 0.29) is 29.8 Å². The Morgan fingerprint density at radius 2 is 2.04 bits per heavy atom. The van der Waals surface area contributed by atoms with E-state index in [0.29, 0.717) is 28.8 Å². The summed E-state index contributed by atoms with van der Waals surface area (Å²) >= 11 is 0. The Morgan fingerprint density at radius 3 is 2.69 bits per heavy atom. The van der Waals surface area contributed by atoms with E-state index in [9.17, 15) is 4.79 Å². The first-order valence-corrected chi connectivity index (χ1v) is 8.81. The number of hydrogen-bond donors (Lipinski definition) is 2. The minimum atomic E-state index is -0.206. The van der Waals surface area contributed by atoms with Crippen LogP contribution in [0.25, 0.3) is 11.5 Å². The molecule has 1 aromatic carbocycles. The molecule has 3 rings (SSSR count). The van der Waals surface area contributed by atoms with Crippen molar-refractivity contribution in [3.63, 3.8) is 0 Å². The highest BCUT2D eigenvalue weighted by Crippen LogP contribution is 2.26. The van der Waals surface area contributed by atoms with Crippen molar-refractivity contribution < 1.29 is 9.32 Å². The number of nitrogens with one attached hydrogen (secondary N) is 2. The average Bonchev–Trinajstić information content (AvgIpc) is 3.07. The molecule has 2 heterocycles. The van der Waals surface area contributed by atoms with Gasteiger partial charge in [0.25, 0.3) is 11.8 Å². The molecule has 142 valence electrons. The Labute approximate surface area is 160 Å². The van der Waals surface area contributed by atoms with Gasteiger partial charge in [0.05, 0.1) is 11.1 Å². The van der Waals surface area contributed by atoms with Crippen LogP contribution in [0.2, 0.25) is 0 Å². The molecular formula is C19H27ClN4O2. The smallest absolute Gasteiger partial charge is 0.258 e. The Bertz CT molecular complexity index is 754. The van der Waals surface area contributed by atoms with Crippen molar-refractivity contribution in [3.05, 3.63) is 35.7 Å². The van der Waals surface area contributed by atoms with Gasteiger partial charge >= 0.3 is 0 Å². The van der Waals surface area contributed by atoms with E-state index in [1.54, 1.807) is 6.07 Å². The van der Waals surface area contributed by atoms with E-state index < -0.39 is 0 Å². The molecule has 1 fully saturated rings. The van der Waals surface area contributed by atoms with Gasteiger partial charge in [0.2, 0.25) is 0 Å². The number of rotatable bonds is 3. The third kappa shape index (κ3) is 4.43. The molecule has 1 aromatic heterocycles. The lowest BCUT2D eigenvalue weighted by Gasteiger charge is -2.30. The fourth-order valence-electron chi connectivity index (χ4n) is 2.93. The van der Waals surface area contributed by atoms with Crippen LogP contribution < -0.4 is 10.6 Å². The SMILES string of the molecule is CC1CCNCC1NC(=O)c1ccccc1-c1nc(C(C)(C)C)no1.Cl. The lowest BCUT2D eigenvalue weighted by molar-refractivity contribution is 0.0915. The maximum atomic E-state index is 12.8. The van der Waals surface area contributed by atoms with Gasteiger partial charge in [-0.15, -0.1) is 12.4 Å². The molecule has 7 heteroatoms. The predicted molar refractivity (Wildman–Crippen MR) is 104 cm³/mol. The summed E-state index contributed by atoms with van der Waals surface area (Å²) in [6, 6.07) is 7.49. The first-order valence-electron chi connectivity index (χ1n) is 8.81. The zero-order chi connectivity index (χ0) is 18.0. The van der Waals surface area contributed by atoms with E-state index in [1.165, 1.54) is 0 Å². The highest BCUT2D eigenvalue weighted by Gasteiger charge is 2.26. The first-order chi connectivity index (χ1) is 11.9. The van der Waals surface area contributed by atoms with E-state index >= 15 is 0 Å². The van der Waals surface area contributed by atoms with Gasteiger partial charge in [0.1, 0.15) is 0 Å². The number of benzene rings is 1. The molecule has 6 nitrogen and oxygen atoms in total. The maximum Gasteiger partial charge on any atom is 0.258 e. The molecular weight excluding hydrogens is 352 g/mol. The zero-order valence-electron chi connectivity index (χ0n) is 15.7. The topological polar surface area (TPSA) is 80.0 Å². The Hall–Kier alpha value is -1.92. The summed E-state index contributed by atoms with van der Waals surface area (Å²) in [5.74, 6) is 1.35. The summed E-state index contributed by atoms with van der Waals surface area (Å²) < 4.78 is 5.43. The number of halogens is 1. The number of carbonyl (C=O) groups is 1. The van der Waals surface area contributed by atoms with Crippen LogP contribution in [0.3, 0.4) is 0 Å². The summed E-state index contributed by atoms with van der Waals surface area (Å²) in [7, 11) is 0. The number of nitrogens with zero attached hydrogens (tertiary/aromatic N) is 2. The molecule has 2 atom stereocenters. The monoisotopic (exact) mass is 378 g/mol. The second-order valence-corrected chi connectivity index (χ2v) is 7.77. The minimum absolute atomic E-state index is 0. The molecule has 2 aromatic rings. The number of hydrogen-bond acceptors (Lipinski definition) is 5. The molecule has 2 unspecified atom stereocenters. The van der Waals surface area contributed by atoms with E-state index in [2.05, 4.69) is 27.7 Å². The van der Waals surface area contributed by atoms with Crippen LogP contribution >= 0.6 is 12.4 Å². The lowest BCUT2D eigenvalue weighted by atomic mass is 9.94. The summed E-state index contributed by atoms with van der Waals surface area (Å²) in [6.07, 6.45) is 1.06. The van der Waals surface area contributed by atoms with Crippen LogP contribution in [-0.2, 0) is 5.41 Å². The molecule has 0 saturated carbocycles. The van der Waals surface area contributed by atoms with Crippen molar-refractivity contribution in [3.8, 4) is 11.5 Å². The molecule has 2 N–H and O–H groups in total. The Morgan fingerprint density at radius 1 is 1.31 bits per heavy atom. The molecule has 1 saturated heterocycles. The summed E-state index contributed by atoms with van der Waals surface area (Å²) in [4.78, 5) is 17.3. The van der Waals surface area contributed by atoms with E-state index in [1.807, 2.05) is 39.0 Å². The van der Waals surface area contributed by atoms with Gasteiger partial charge < -0.3 is 15.2 Å². The molecule has 1 aliphatic heterocycles. The second kappa shape index (κ2) is 8.18. The van der Waals surface area contributed by atoms with Gasteiger partial charge in [0, 0.05) is 18.0 Å². The standard InChI is InChI=1S/C19H26N4O2.ClH/c1-12-9-10-20-11-15(12)21-16(24)13-7-5-6-8-14(13)17-22-18(23-25-17)19(2,3)4;/h5-8,12,15,20H,9-11H2,1-4H3,(H,21,24);1H. The second-order valence-electron chi connectivity index (χ2n) is 7.77. The first kappa shape index (κ1) is 20.4. The van der Waals surface area contributed by atoms with Crippen LogP contribution in [0.5, 0.6) is 0 Å². The lowest BCUT2D eigenvalue weighted by Crippen LogP contribution is -2.50. The molecule has 0 aliphatic carbocycles. The highest BCUT2D eigenvalue weighted by atomic mass is 35.5. The van der Waals surface area contributed by atoms with Crippen LogP contribution in [0.1, 0.15) is 50.3 Å². The molecule has 26 heavy (non-hydrogen) atoms. The molecule has 1 aliphatic rings. The number of piperidine rings is 1. The maximum absolute atomic E-state index is 12.8. The fourth-order valence-corrected chi connectivity index (χ4v) is 2.93. The third-order valence-electron chi connectivity index (χ3n) is 4.64. The molecule has 0 bridgehead atoms. The molecule has 0 radical (unpaired) electrons. The summed E-state index contributed by atoms with van der Waals surface area (Å²) in [5, 5.41) is 10.5. The normalized spacial score (nSPS) is 20.3. The van der Waals surface area contributed by atoms with Crippen LogP contribution in [0, 0.1) is 5.92 Å². The molecule has 1 amide bonds. The van der Waals surface area contributed by atoms with Crippen LogP contribution in [0.15, 0.2) is 28.8 Å². The number of carbonyl (C=O) groups excluding carboxylic acids is 1. The van der Waals surface area contributed by atoms with Gasteiger partial charge in [-0.2, -0.15) is 4.98 Å². The third-order valence-corrected chi connectivity index (χ3v) is 4.64. The molecule has 0 spiro atoms. The summed E-state index contributed by atoms with van der Waals surface area (Å²) in [5.41, 5.74) is 1.02. The average molecular weight is 379 g/mol. The number of amides is 1. The highest BCUT2D eigenvalue weighted by molar-refractivity contribution is 6.00. The van der Waals surface area contributed by atoms with Crippen molar-refractivity contribution in [1.82, 2.24) is 20.8 Å². The quantitative estimate of drug-likeness (QED) is 0.857. The largest absolute Gasteiger partial charge is 0.348 e.